The zero-order chi connectivity index (χ0) is 23.1. The van der Waals surface area contributed by atoms with Crippen molar-refractivity contribution < 1.29 is 28.2 Å². The average Bonchev–Trinajstić information content (AvgIpc) is 2.77. The Hall–Kier alpha value is -3.48. The molecule has 0 amide bonds. The monoisotopic (exact) mass is 441 g/mol. The largest absolute Gasteiger partial charge is 0.497 e. The summed E-state index contributed by atoms with van der Waals surface area (Å²) in [6.07, 6.45) is 2.25. The molecule has 32 heavy (non-hydrogen) atoms. The van der Waals surface area contributed by atoms with Gasteiger partial charge in [0.05, 0.1) is 7.11 Å². The number of carbonyl (C=O) groups is 1. The molecule has 0 aliphatic rings. The van der Waals surface area contributed by atoms with E-state index in [9.17, 15) is 13.6 Å². The molecule has 168 valence electrons. The topological polar surface area (TPSA) is 68.7 Å². The van der Waals surface area contributed by atoms with Crippen molar-refractivity contribution in [2.75, 3.05) is 7.11 Å². The van der Waals surface area contributed by atoms with E-state index in [1.54, 1.807) is 32.4 Å². The van der Waals surface area contributed by atoms with Crippen LogP contribution in [0.2, 0.25) is 0 Å². The van der Waals surface area contributed by atoms with Gasteiger partial charge in [-0.3, -0.25) is 4.79 Å². The van der Waals surface area contributed by atoms with E-state index in [-0.39, 0.29) is 24.5 Å². The number of nitrogens with zero attached hydrogens (tertiary/aromatic N) is 1. The summed E-state index contributed by atoms with van der Waals surface area (Å²) in [4.78, 5) is 14.9. The van der Waals surface area contributed by atoms with Crippen molar-refractivity contribution in [1.82, 2.24) is 4.98 Å². The van der Waals surface area contributed by atoms with Gasteiger partial charge in [-0.2, -0.15) is 0 Å². The summed E-state index contributed by atoms with van der Waals surface area (Å²) in [5, 5.41) is 8.76. The smallest absolute Gasteiger partial charge is 0.303 e. The molecule has 3 aromatic rings. The molecule has 0 spiro atoms. The van der Waals surface area contributed by atoms with Crippen molar-refractivity contribution in [3.63, 3.8) is 0 Å². The van der Waals surface area contributed by atoms with Gasteiger partial charge in [0.2, 0.25) is 5.88 Å². The first-order valence-electron chi connectivity index (χ1n) is 10.3. The first-order valence-corrected chi connectivity index (χ1v) is 10.3. The summed E-state index contributed by atoms with van der Waals surface area (Å²) in [7, 11) is 1.59. The fourth-order valence-corrected chi connectivity index (χ4v) is 3.51. The molecule has 2 aromatic carbocycles. The Balaban J connectivity index is 1.79. The second-order valence-corrected chi connectivity index (χ2v) is 7.53. The van der Waals surface area contributed by atoms with Crippen molar-refractivity contribution in [3.8, 4) is 22.8 Å². The average molecular weight is 441 g/mol. The first-order chi connectivity index (χ1) is 15.4. The summed E-state index contributed by atoms with van der Waals surface area (Å²) >= 11 is 0. The Morgan fingerprint density at radius 3 is 2.44 bits per heavy atom. The van der Waals surface area contributed by atoms with Gasteiger partial charge in [0, 0.05) is 23.7 Å². The highest BCUT2D eigenvalue weighted by atomic mass is 19.1. The van der Waals surface area contributed by atoms with E-state index >= 15 is 0 Å². The van der Waals surface area contributed by atoms with E-state index in [2.05, 4.69) is 4.98 Å². The maximum absolute atomic E-state index is 14.9. The highest BCUT2D eigenvalue weighted by molar-refractivity contribution is 5.69. The molecular weight excluding hydrogens is 416 g/mol. The molecule has 7 heteroatoms. The van der Waals surface area contributed by atoms with Crippen molar-refractivity contribution >= 4 is 5.97 Å². The third-order valence-corrected chi connectivity index (χ3v) is 5.22. The fourth-order valence-electron chi connectivity index (χ4n) is 3.51. The summed E-state index contributed by atoms with van der Waals surface area (Å²) < 4.78 is 40.7. The maximum atomic E-state index is 14.9. The van der Waals surface area contributed by atoms with Crippen LogP contribution in [0.25, 0.3) is 11.1 Å². The second kappa shape index (κ2) is 10.7. The van der Waals surface area contributed by atoms with E-state index < -0.39 is 23.5 Å². The van der Waals surface area contributed by atoms with Crippen LogP contribution in [0.15, 0.2) is 54.7 Å². The lowest BCUT2D eigenvalue weighted by Gasteiger charge is -2.16. The molecule has 1 atom stereocenters. The molecule has 5 nitrogen and oxygen atoms in total. The van der Waals surface area contributed by atoms with Gasteiger partial charge in [-0.25, -0.2) is 13.8 Å². The van der Waals surface area contributed by atoms with Crippen LogP contribution in [0.5, 0.6) is 11.6 Å². The number of methoxy groups -OCH3 is 1. The van der Waals surface area contributed by atoms with Gasteiger partial charge in [-0.1, -0.05) is 19.1 Å². The van der Waals surface area contributed by atoms with Crippen LogP contribution >= 0.6 is 0 Å². The number of benzene rings is 2. The van der Waals surface area contributed by atoms with Crippen LogP contribution in [0.3, 0.4) is 0 Å². The van der Waals surface area contributed by atoms with Gasteiger partial charge < -0.3 is 14.6 Å². The third kappa shape index (κ3) is 5.81. The molecule has 0 aliphatic heterocycles. The van der Waals surface area contributed by atoms with E-state index in [1.807, 2.05) is 24.3 Å². The predicted molar refractivity (Wildman–Crippen MR) is 117 cm³/mol. The molecule has 1 N–H and O–H groups in total. The highest BCUT2D eigenvalue weighted by Crippen LogP contribution is 2.34. The Morgan fingerprint density at radius 1 is 1.12 bits per heavy atom. The molecular formula is C25H25F2NO4. The molecule has 1 heterocycles. The third-order valence-electron chi connectivity index (χ3n) is 5.22. The first kappa shape index (κ1) is 23.2. The minimum atomic E-state index is -0.924. The lowest BCUT2D eigenvalue weighted by atomic mass is 9.92. The lowest BCUT2D eigenvalue weighted by Crippen LogP contribution is -2.04. The number of ether oxygens (including phenoxy) is 2. The predicted octanol–water partition coefficient (Wildman–Crippen LogP) is 5.97. The molecule has 3 rings (SSSR count). The molecule has 0 saturated heterocycles. The fraction of sp³-hybridized carbons (Fsp3) is 0.280. The van der Waals surface area contributed by atoms with Crippen LogP contribution in [-0.2, 0) is 11.4 Å². The molecule has 0 saturated carbocycles. The molecule has 0 radical (unpaired) electrons. The molecule has 0 fully saturated rings. The van der Waals surface area contributed by atoms with Gasteiger partial charge in [0.25, 0.3) is 0 Å². The maximum Gasteiger partial charge on any atom is 0.303 e. The standard InChI is InChI=1S/C25H25F2NO4/c1-16(5-3-7-23(29)30)24-21(26)13-18(14-22(24)27)20-6-4-12-28-25(20)32-15-17-8-10-19(31-2)11-9-17/h4,6,8-14,16H,3,5,7,15H2,1-2H3,(H,29,30). The Morgan fingerprint density at radius 2 is 1.81 bits per heavy atom. The van der Waals surface area contributed by atoms with Gasteiger partial charge in [0.1, 0.15) is 24.0 Å². The van der Waals surface area contributed by atoms with Crippen LogP contribution in [0.1, 0.15) is 43.2 Å². The van der Waals surface area contributed by atoms with Gasteiger partial charge >= 0.3 is 5.97 Å². The summed E-state index contributed by atoms with van der Waals surface area (Å²) in [6, 6.07) is 13.3. The van der Waals surface area contributed by atoms with Gasteiger partial charge in [0.15, 0.2) is 0 Å². The molecule has 1 aromatic heterocycles. The minimum Gasteiger partial charge on any atom is -0.497 e. The summed E-state index contributed by atoms with van der Waals surface area (Å²) in [6.45, 7) is 1.92. The number of aliphatic carboxylic acids is 1. The number of rotatable bonds is 10. The van der Waals surface area contributed by atoms with Crippen molar-refractivity contribution in [2.24, 2.45) is 0 Å². The SMILES string of the molecule is COc1ccc(COc2ncccc2-c2cc(F)c(C(C)CCCC(=O)O)c(F)c2)cc1. The highest BCUT2D eigenvalue weighted by Gasteiger charge is 2.20. The summed E-state index contributed by atoms with van der Waals surface area (Å²) in [5.41, 5.74) is 1.65. The quantitative estimate of drug-likeness (QED) is 0.420. The normalized spacial score (nSPS) is 11.8. The van der Waals surface area contributed by atoms with Gasteiger partial charge in [-0.15, -0.1) is 0 Å². The summed E-state index contributed by atoms with van der Waals surface area (Å²) in [5.74, 6) is -1.71. The molecule has 1 unspecified atom stereocenters. The van der Waals surface area contributed by atoms with E-state index in [1.165, 1.54) is 12.1 Å². The Bertz CT molecular complexity index is 1050. The van der Waals surface area contributed by atoms with Crippen molar-refractivity contribution in [1.29, 1.82) is 0 Å². The number of hydrogen-bond acceptors (Lipinski definition) is 4. The number of hydrogen-bond donors (Lipinski definition) is 1. The van der Waals surface area contributed by atoms with Crippen LogP contribution in [0.4, 0.5) is 8.78 Å². The Kier molecular flexibility index (Phi) is 7.76. The van der Waals surface area contributed by atoms with E-state index in [0.717, 1.165) is 11.3 Å². The molecule has 0 bridgehead atoms. The number of halogens is 2. The zero-order valence-electron chi connectivity index (χ0n) is 18.0. The molecule has 0 aliphatic carbocycles. The van der Waals surface area contributed by atoms with E-state index in [4.69, 9.17) is 14.6 Å². The zero-order valence-corrected chi connectivity index (χ0v) is 18.0. The lowest BCUT2D eigenvalue weighted by molar-refractivity contribution is -0.137. The van der Waals surface area contributed by atoms with Crippen molar-refractivity contribution in [3.05, 3.63) is 77.5 Å². The van der Waals surface area contributed by atoms with E-state index in [0.29, 0.717) is 24.0 Å². The minimum absolute atomic E-state index is 0.0315. The van der Waals surface area contributed by atoms with Crippen molar-refractivity contribution in [2.45, 2.75) is 38.7 Å². The number of pyridine rings is 1. The van der Waals surface area contributed by atoms with Crippen LogP contribution in [-0.4, -0.2) is 23.2 Å². The van der Waals surface area contributed by atoms with Crippen LogP contribution < -0.4 is 9.47 Å². The second-order valence-electron chi connectivity index (χ2n) is 7.53. The number of aromatic nitrogens is 1. The van der Waals surface area contributed by atoms with Gasteiger partial charge in [-0.05, 0) is 66.3 Å². The number of carboxylic acids is 1. The number of carboxylic acid groups (broad SMARTS) is 1. The Labute approximate surface area is 185 Å². The van der Waals surface area contributed by atoms with Crippen LogP contribution in [0, 0.1) is 11.6 Å².